The monoisotopic (exact) mass is 452 g/mol. The fraction of sp³-hybridized carbons (Fsp3) is 1.00. The van der Waals surface area contributed by atoms with E-state index in [-0.39, 0.29) is 6.61 Å². The van der Waals surface area contributed by atoms with Gasteiger partial charge < -0.3 is 9.79 Å². The topological polar surface area (TPSA) is 66.8 Å². The molecule has 3 atom stereocenters. The van der Waals surface area contributed by atoms with Gasteiger partial charge in [-0.2, -0.15) is 11.8 Å². The molecule has 0 rings (SSSR count). The third-order valence-corrected chi connectivity index (χ3v) is 7.33. The molecule has 0 aliphatic heterocycles. The van der Waals surface area contributed by atoms with Gasteiger partial charge >= 0.3 is 7.82 Å². The summed E-state index contributed by atoms with van der Waals surface area (Å²) >= 11 is 1.86. The second kappa shape index (κ2) is 18.1. The Morgan fingerprint density at radius 2 is 1.14 bits per heavy atom. The molecule has 176 valence electrons. The van der Waals surface area contributed by atoms with Crippen LogP contribution in [-0.2, 0) is 9.09 Å². The highest BCUT2D eigenvalue weighted by atomic mass is 32.2. The SMILES string of the molecule is CC(C)CCCC(C)CCCC(C)CCCC(C)CCSCCCOP(=O)(O)O. The van der Waals surface area contributed by atoms with Gasteiger partial charge in [0.05, 0.1) is 6.61 Å². The van der Waals surface area contributed by atoms with Crippen LogP contribution in [0.25, 0.3) is 0 Å². The van der Waals surface area contributed by atoms with Crippen molar-refractivity contribution < 1.29 is 18.9 Å². The van der Waals surface area contributed by atoms with Crippen molar-refractivity contribution in [3.63, 3.8) is 0 Å². The number of rotatable bonds is 20. The van der Waals surface area contributed by atoms with Gasteiger partial charge in [0.15, 0.2) is 0 Å². The molecular weight excluding hydrogens is 403 g/mol. The highest BCUT2D eigenvalue weighted by molar-refractivity contribution is 7.99. The lowest BCUT2D eigenvalue weighted by Gasteiger charge is -2.16. The maximum atomic E-state index is 10.6. The van der Waals surface area contributed by atoms with Crippen LogP contribution in [-0.4, -0.2) is 27.9 Å². The average molecular weight is 453 g/mol. The molecule has 0 radical (unpaired) electrons. The molecule has 0 bridgehead atoms. The first-order valence-electron chi connectivity index (χ1n) is 11.9. The van der Waals surface area contributed by atoms with E-state index in [1.54, 1.807) is 0 Å². The van der Waals surface area contributed by atoms with Gasteiger partial charge in [-0.1, -0.05) is 92.4 Å². The highest BCUT2D eigenvalue weighted by Crippen LogP contribution is 2.35. The zero-order chi connectivity index (χ0) is 22.1. The molecule has 0 heterocycles. The van der Waals surface area contributed by atoms with Crippen LogP contribution < -0.4 is 0 Å². The van der Waals surface area contributed by atoms with Gasteiger partial charge in [-0.25, -0.2) is 4.57 Å². The molecule has 0 fully saturated rings. The van der Waals surface area contributed by atoms with Crippen molar-refractivity contribution in [1.29, 1.82) is 0 Å². The molecule has 0 aliphatic rings. The minimum atomic E-state index is -4.29. The number of phosphoric ester groups is 1. The summed E-state index contributed by atoms with van der Waals surface area (Å²) in [4.78, 5) is 17.2. The van der Waals surface area contributed by atoms with Crippen molar-refractivity contribution in [2.75, 3.05) is 18.1 Å². The lowest BCUT2D eigenvalue weighted by Crippen LogP contribution is -2.02. The van der Waals surface area contributed by atoms with Gasteiger partial charge in [-0.15, -0.1) is 0 Å². The molecule has 0 aromatic rings. The van der Waals surface area contributed by atoms with Gasteiger partial charge in [0.25, 0.3) is 0 Å². The van der Waals surface area contributed by atoms with E-state index in [9.17, 15) is 4.57 Å². The van der Waals surface area contributed by atoms with Crippen LogP contribution in [0.4, 0.5) is 0 Å². The first-order chi connectivity index (χ1) is 13.6. The van der Waals surface area contributed by atoms with Crippen molar-refractivity contribution in [2.45, 2.75) is 105 Å². The zero-order valence-electron chi connectivity index (χ0n) is 19.8. The zero-order valence-corrected chi connectivity index (χ0v) is 21.5. The van der Waals surface area contributed by atoms with E-state index in [0.717, 1.165) is 35.2 Å². The molecule has 0 aliphatic carbocycles. The summed E-state index contributed by atoms with van der Waals surface area (Å²) in [6, 6.07) is 0. The largest absolute Gasteiger partial charge is 0.469 e. The van der Waals surface area contributed by atoms with E-state index < -0.39 is 7.82 Å². The Balaban J connectivity index is 3.49. The standard InChI is InChI=1S/C23H49O4PS/c1-20(2)10-6-11-21(3)12-7-13-22(4)14-8-15-23(5)16-19-29-18-9-17-27-28(24,25)26/h20-23H,6-19H2,1-5H3,(H2,24,25,26). The molecule has 4 nitrogen and oxygen atoms in total. The Morgan fingerprint density at radius 1 is 0.690 bits per heavy atom. The molecule has 0 saturated heterocycles. The average Bonchev–Trinajstić information content (AvgIpc) is 2.59. The first kappa shape index (κ1) is 29.5. The molecular formula is C23H49O4PS. The third-order valence-electron chi connectivity index (χ3n) is 5.71. The fourth-order valence-electron chi connectivity index (χ4n) is 3.67. The second-order valence-corrected chi connectivity index (χ2v) is 12.0. The van der Waals surface area contributed by atoms with Gasteiger partial charge in [-0.3, -0.25) is 4.52 Å². The fourth-order valence-corrected chi connectivity index (χ4v) is 5.13. The predicted octanol–water partition coefficient (Wildman–Crippen LogP) is 7.68. The molecule has 0 spiro atoms. The molecule has 0 aromatic heterocycles. The van der Waals surface area contributed by atoms with Gasteiger partial charge in [0.1, 0.15) is 0 Å². The molecule has 0 amide bonds. The van der Waals surface area contributed by atoms with E-state index in [0.29, 0.717) is 6.42 Å². The van der Waals surface area contributed by atoms with E-state index in [1.165, 1.54) is 64.2 Å². The van der Waals surface area contributed by atoms with Crippen LogP contribution >= 0.6 is 19.6 Å². The number of thioether (sulfide) groups is 1. The van der Waals surface area contributed by atoms with Crippen LogP contribution in [0.5, 0.6) is 0 Å². The Hall–Kier alpha value is 0.460. The van der Waals surface area contributed by atoms with Crippen molar-refractivity contribution >= 4 is 19.6 Å². The Labute approximate surface area is 185 Å². The maximum absolute atomic E-state index is 10.6. The van der Waals surface area contributed by atoms with Crippen LogP contribution in [0.3, 0.4) is 0 Å². The molecule has 29 heavy (non-hydrogen) atoms. The third kappa shape index (κ3) is 23.0. The van der Waals surface area contributed by atoms with Gasteiger partial charge in [-0.05, 0) is 48.0 Å². The maximum Gasteiger partial charge on any atom is 0.469 e. The highest BCUT2D eigenvalue weighted by Gasteiger charge is 2.12. The van der Waals surface area contributed by atoms with Crippen molar-refractivity contribution in [3.05, 3.63) is 0 Å². The molecule has 3 unspecified atom stereocenters. The predicted molar refractivity (Wildman–Crippen MR) is 128 cm³/mol. The van der Waals surface area contributed by atoms with E-state index in [4.69, 9.17) is 9.79 Å². The van der Waals surface area contributed by atoms with Crippen LogP contribution in [0.2, 0.25) is 0 Å². The summed E-state index contributed by atoms with van der Waals surface area (Å²) in [7, 11) is -4.29. The molecule has 2 N–H and O–H groups in total. The summed E-state index contributed by atoms with van der Waals surface area (Å²) < 4.78 is 15.0. The Morgan fingerprint density at radius 3 is 1.59 bits per heavy atom. The Kier molecular flexibility index (Phi) is 18.4. The molecule has 0 aromatic carbocycles. The Bertz CT molecular complexity index is 414. The summed E-state index contributed by atoms with van der Waals surface area (Å²) in [6.07, 6.45) is 14.3. The summed E-state index contributed by atoms with van der Waals surface area (Å²) in [5.74, 6) is 5.39. The smallest absolute Gasteiger partial charge is 0.303 e. The van der Waals surface area contributed by atoms with E-state index in [2.05, 4.69) is 39.1 Å². The quantitative estimate of drug-likeness (QED) is 0.146. The number of phosphoric acid groups is 1. The van der Waals surface area contributed by atoms with Gasteiger partial charge in [0, 0.05) is 0 Å². The second-order valence-electron chi connectivity index (χ2n) is 9.58. The minimum absolute atomic E-state index is 0.140. The van der Waals surface area contributed by atoms with Crippen LogP contribution in [0.15, 0.2) is 0 Å². The minimum Gasteiger partial charge on any atom is -0.303 e. The number of hydrogen-bond donors (Lipinski definition) is 2. The van der Waals surface area contributed by atoms with E-state index >= 15 is 0 Å². The van der Waals surface area contributed by atoms with E-state index in [1.807, 2.05) is 11.8 Å². The molecule has 0 saturated carbocycles. The first-order valence-corrected chi connectivity index (χ1v) is 14.6. The van der Waals surface area contributed by atoms with Gasteiger partial charge in [0.2, 0.25) is 0 Å². The lowest BCUT2D eigenvalue weighted by atomic mass is 9.91. The van der Waals surface area contributed by atoms with Crippen molar-refractivity contribution in [2.24, 2.45) is 23.7 Å². The van der Waals surface area contributed by atoms with Crippen LogP contribution in [0, 0.1) is 23.7 Å². The summed E-state index contributed by atoms with van der Waals surface area (Å²) in [5, 5.41) is 0. The normalized spacial score (nSPS) is 15.6. The molecule has 6 heteroatoms. The summed E-state index contributed by atoms with van der Waals surface area (Å²) in [5.41, 5.74) is 0. The van der Waals surface area contributed by atoms with Crippen molar-refractivity contribution in [3.8, 4) is 0 Å². The summed E-state index contributed by atoms with van der Waals surface area (Å²) in [6.45, 7) is 12.0. The lowest BCUT2D eigenvalue weighted by molar-refractivity contribution is 0.198. The number of hydrogen-bond acceptors (Lipinski definition) is 3. The van der Waals surface area contributed by atoms with Crippen LogP contribution in [0.1, 0.15) is 105 Å². The van der Waals surface area contributed by atoms with Crippen molar-refractivity contribution in [1.82, 2.24) is 0 Å².